The third-order valence-corrected chi connectivity index (χ3v) is 9.58. The summed E-state index contributed by atoms with van der Waals surface area (Å²) in [6.07, 6.45) is 0. The first kappa shape index (κ1) is 20.9. The van der Waals surface area contributed by atoms with Crippen molar-refractivity contribution in [2.24, 2.45) is 0 Å². The summed E-state index contributed by atoms with van der Waals surface area (Å²) in [7, 11) is -0.112. The molecule has 0 spiro atoms. The van der Waals surface area contributed by atoms with E-state index in [1.165, 1.54) is 0 Å². The Bertz CT molecular complexity index is 881. The number of hydrogen-bond donors (Lipinski definition) is 1. The van der Waals surface area contributed by atoms with Gasteiger partial charge in [0.2, 0.25) is 5.88 Å². The third-order valence-electron chi connectivity index (χ3n) is 5.03. The minimum atomic E-state index is -1.70. The highest BCUT2D eigenvalue weighted by Crippen LogP contribution is 2.35. The van der Waals surface area contributed by atoms with Gasteiger partial charge >= 0.3 is 5.97 Å². The first-order chi connectivity index (χ1) is 12.6. The Morgan fingerprint density at radius 3 is 2.56 bits per heavy atom. The first-order valence-electron chi connectivity index (χ1n) is 9.11. The molecule has 0 bridgehead atoms. The molecule has 2 aromatic rings. The largest absolute Gasteiger partial charge is 0.495 e. The smallest absolute Gasteiger partial charge is 0.344 e. The van der Waals surface area contributed by atoms with Gasteiger partial charge in [-0.15, -0.1) is 5.54 Å². The second kappa shape index (κ2) is 8.09. The van der Waals surface area contributed by atoms with E-state index in [-0.39, 0.29) is 11.6 Å². The van der Waals surface area contributed by atoms with Crippen molar-refractivity contribution in [1.29, 1.82) is 0 Å². The van der Waals surface area contributed by atoms with Gasteiger partial charge in [-0.2, -0.15) is 0 Å². The van der Waals surface area contributed by atoms with Crippen molar-refractivity contribution in [1.82, 2.24) is 4.98 Å². The van der Waals surface area contributed by atoms with Gasteiger partial charge in [-0.3, -0.25) is 0 Å². The number of benzene rings is 1. The standard InChI is InChI=1S/C21H29NO4Si/c1-8-25-20(23)17-15-11-9-12-16(24-5)18(15)22-19(17)26-13-10-14-27(6,7)21(2,3)4/h9,11-12,22H,8,13H2,1-7H3. The molecular formula is C21H29NO4Si. The molecular weight excluding hydrogens is 358 g/mol. The van der Waals surface area contributed by atoms with Crippen LogP contribution in [0, 0.1) is 11.5 Å². The van der Waals surface area contributed by atoms with Gasteiger partial charge in [-0.25, -0.2) is 4.79 Å². The van der Waals surface area contributed by atoms with Crippen molar-refractivity contribution >= 4 is 24.9 Å². The molecule has 1 aromatic heterocycles. The lowest BCUT2D eigenvalue weighted by molar-refractivity contribution is 0.0524. The summed E-state index contributed by atoms with van der Waals surface area (Å²) in [5.41, 5.74) is 4.49. The number of esters is 1. The molecule has 0 fully saturated rings. The van der Waals surface area contributed by atoms with Crippen LogP contribution in [0.3, 0.4) is 0 Å². The Kier molecular flexibility index (Phi) is 6.27. The van der Waals surface area contributed by atoms with E-state index >= 15 is 0 Å². The van der Waals surface area contributed by atoms with E-state index in [0.29, 0.717) is 34.7 Å². The first-order valence-corrected chi connectivity index (χ1v) is 12.1. The van der Waals surface area contributed by atoms with Crippen LogP contribution in [-0.4, -0.2) is 39.4 Å². The maximum Gasteiger partial charge on any atom is 0.344 e. The fraction of sp³-hybridized carbons (Fsp3) is 0.476. The molecule has 0 atom stereocenters. The molecule has 0 saturated heterocycles. The topological polar surface area (TPSA) is 60.5 Å². The summed E-state index contributed by atoms with van der Waals surface area (Å²) in [5, 5.41) is 0.894. The van der Waals surface area contributed by atoms with Crippen molar-refractivity contribution < 1.29 is 19.0 Å². The van der Waals surface area contributed by atoms with E-state index in [2.05, 4.69) is 50.3 Å². The predicted octanol–water partition coefficient (Wildman–Crippen LogP) is 4.78. The summed E-state index contributed by atoms with van der Waals surface area (Å²) in [4.78, 5) is 15.6. The minimum absolute atomic E-state index is 0.185. The number of fused-ring (bicyclic) bond motifs is 1. The summed E-state index contributed by atoms with van der Waals surface area (Å²) in [6.45, 7) is 13.4. The highest BCUT2D eigenvalue weighted by Gasteiger charge is 2.33. The maximum absolute atomic E-state index is 12.5. The lowest BCUT2D eigenvalue weighted by atomic mass is 10.1. The van der Waals surface area contributed by atoms with E-state index in [0.717, 1.165) is 0 Å². The van der Waals surface area contributed by atoms with Gasteiger partial charge < -0.3 is 19.2 Å². The molecule has 5 nitrogen and oxygen atoms in total. The van der Waals surface area contributed by atoms with Crippen LogP contribution < -0.4 is 9.47 Å². The van der Waals surface area contributed by atoms with Crippen molar-refractivity contribution in [3.63, 3.8) is 0 Å². The zero-order valence-corrected chi connectivity index (χ0v) is 18.3. The molecule has 0 unspecified atom stereocenters. The predicted molar refractivity (Wildman–Crippen MR) is 111 cm³/mol. The fourth-order valence-electron chi connectivity index (χ4n) is 2.40. The van der Waals surface area contributed by atoms with Crippen LogP contribution in [0.2, 0.25) is 18.1 Å². The van der Waals surface area contributed by atoms with Crippen molar-refractivity contribution in [2.75, 3.05) is 20.3 Å². The molecule has 0 amide bonds. The van der Waals surface area contributed by atoms with E-state index in [9.17, 15) is 4.79 Å². The molecule has 0 aliphatic carbocycles. The SMILES string of the molecule is CCOC(=O)c1c(OCC#C[Si](C)(C)C(C)(C)C)[nH]c2c(OC)cccc12. The van der Waals surface area contributed by atoms with Crippen LogP contribution in [0.15, 0.2) is 18.2 Å². The van der Waals surface area contributed by atoms with Gasteiger partial charge in [0.15, 0.2) is 0 Å². The zero-order chi connectivity index (χ0) is 20.2. The Labute approximate surface area is 162 Å². The molecule has 1 aromatic carbocycles. The summed E-state index contributed by atoms with van der Waals surface area (Å²) >= 11 is 0. The highest BCUT2D eigenvalue weighted by molar-refractivity contribution is 6.87. The van der Waals surface area contributed by atoms with Gasteiger partial charge in [0.05, 0.1) is 19.2 Å². The average molecular weight is 388 g/mol. The Balaban J connectivity index is 2.35. The molecule has 146 valence electrons. The minimum Gasteiger partial charge on any atom is -0.495 e. The number of ether oxygens (including phenoxy) is 3. The van der Waals surface area contributed by atoms with Gasteiger partial charge in [0, 0.05) is 5.39 Å². The third kappa shape index (κ3) is 4.48. The van der Waals surface area contributed by atoms with Crippen molar-refractivity contribution in [3.05, 3.63) is 23.8 Å². The van der Waals surface area contributed by atoms with Gasteiger partial charge in [-0.05, 0) is 18.0 Å². The van der Waals surface area contributed by atoms with Gasteiger partial charge in [-0.1, -0.05) is 51.9 Å². The molecule has 0 saturated carbocycles. The molecule has 2 rings (SSSR count). The van der Waals surface area contributed by atoms with E-state index in [1.54, 1.807) is 14.0 Å². The van der Waals surface area contributed by atoms with Gasteiger partial charge in [0.25, 0.3) is 0 Å². The lowest BCUT2D eigenvalue weighted by Crippen LogP contribution is -2.35. The second-order valence-corrected chi connectivity index (χ2v) is 12.9. The number of aromatic amines is 1. The van der Waals surface area contributed by atoms with Crippen LogP contribution in [0.25, 0.3) is 10.9 Å². The second-order valence-electron chi connectivity index (χ2n) is 7.90. The van der Waals surface area contributed by atoms with E-state index in [1.807, 2.05) is 18.2 Å². The fourth-order valence-corrected chi connectivity index (χ4v) is 3.29. The van der Waals surface area contributed by atoms with Crippen LogP contribution in [0.5, 0.6) is 11.6 Å². The Morgan fingerprint density at radius 2 is 1.96 bits per heavy atom. The van der Waals surface area contributed by atoms with Crippen molar-refractivity contribution in [3.8, 4) is 23.1 Å². The summed E-state index contributed by atoms with van der Waals surface area (Å²) in [5.74, 6) is 3.71. The Hall–Kier alpha value is -2.39. The molecule has 0 aliphatic rings. The molecule has 6 heteroatoms. The van der Waals surface area contributed by atoms with Crippen LogP contribution in [-0.2, 0) is 4.74 Å². The monoisotopic (exact) mass is 387 g/mol. The summed E-state index contributed by atoms with van der Waals surface area (Å²) < 4.78 is 16.4. The van der Waals surface area contributed by atoms with E-state index < -0.39 is 14.0 Å². The number of rotatable bonds is 5. The number of H-pyrrole nitrogens is 1. The molecule has 0 aliphatic heterocycles. The summed E-state index contributed by atoms with van der Waals surface area (Å²) in [6, 6.07) is 5.50. The number of carbonyl (C=O) groups is 1. The van der Waals surface area contributed by atoms with Crippen LogP contribution in [0.4, 0.5) is 0 Å². The molecule has 1 N–H and O–H groups in total. The number of nitrogens with one attached hydrogen (secondary N) is 1. The zero-order valence-electron chi connectivity index (χ0n) is 17.3. The normalized spacial score (nSPS) is 11.7. The number of carbonyl (C=O) groups excluding carboxylic acids is 1. The molecule has 0 radical (unpaired) electrons. The quantitative estimate of drug-likeness (QED) is 0.455. The van der Waals surface area contributed by atoms with Crippen molar-refractivity contribution in [2.45, 2.75) is 45.8 Å². The number of methoxy groups -OCH3 is 1. The molecule has 27 heavy (non-hydrogen) atoms. The number of hydrogen-bond acceptors (Lipinski definition) is 4. The Morgan fingerprint density at radius 1 is 1.26 bits per heavy atom. The maximum atomic E-state index is 12.5. The van der Waals surface area contributed by atoms with Crippen LogP contribution in [0.1, 0.15) is 38.1 Å². The van der Waals surface area contributed by atoms with Crippen LogP contribution >= 0.6 is 0 Å². The number of para-hydroxylation sites is 1. The average Bonchev–Trinajstić information content (AvgIpc) is 2.96. The van der Waals surface area contributed by atoms with E-state index in [4.69, 9.17) is 14.2 Å². The molecule has 1 heterocycles. The number of aromatic nitrogens is 1. The van der Waals surface area contributed by atoms with Gasteiger partial charge in [0.1, 0.15) is 26.0 Å². The highest BCUT2D eigenvalue weighted by atomic mass is 28.3. The lowest BCUT2D eigenvalue weighted by Gasteiger charge is -2.31.